The van der Waals surface area contributed by atoms with Gasteiger partial charge in [0, 0.05) is 25.8 Å². The molecule has 7 aromatic carbocycles. The van der Waals surface area contributed by atoms with Gasteiger partial charge in [0.15, 0.2) is 0 Å². The minimum atomic E-state index is -1.59. The first-order valence-electron chi connectivity index (χ1n) is 24.9. The second kappa shape index (κ2) is 14.7. The largest absolute Gasteiger partial charge is 0.458 e. The van der Waals surface area contributed by atoms with Gasteiger partial charge in [-0.15, -0.1) is 0 Å². The number of imidazole rings is 1. The number of aryl methyl sites for hydroxylation is 1. The van der Waals surface area contributed by atoms with E-state index in [-0.39, 0.29) is 33.9 Å². The number of para-hydroxylation sites is 3. The van der Waals surface area contributed by atoms with Crippen molar-refractivity contribution in [1.82, 2.24) is 14.1 Å². The summed E-state index contributed by atoms with van der Waals surface area (Å²) < 4.78 is 117. The Morgan fingerprint density at radius 1 is 0.690 bits per heavy atom. The summed E-state index contributed by atoms with van der Waals surface area (Å²) in [6, 6.07) is 29.7. The highest BCUT2D eigenvalue weighted by molar-refractivity contribution is 6.09. The highest BCUT2D eigenvalue weighted by Gasteiger charge is 2.21. The molecule has 58 heavy (non-hydrogen) atoms. The molecule has 0 fully saturated rings. The zero-order chi connectivity index (χ0) is 49.7. The van der Waals surface area contributed by atoms with E-state index in [0.717, 1.165) is 27.4 Å². The summed E-state index contributed by atoms with van der Waals surface area (Å²) in [5.74, 6) is 1.28. The molecule has 0 saturated heterocycles. The Morgan fingerprint density at radius 3 is 2.12 bits per heavy atom. The maximum atomic E-state index is 9.03. The molecule has 5 heteroatoms. The van der Waals surface area contributed by atoms with Crippen molar-refractivity contribution in [2.24, 2.45) is 5.92 Å². The Kier molecular flexibility index (Phi) is 6.18. The first kappa shape index (κ1) is 24.4. The number of rotatable bonds is 9. The molecule has 0 amide bonds. The fourth-order valence-electron chi connectivity index (χ4n) is 7.68. The predicted molar refractivity (Wildman–Crippen MR) is 236 cm³/mol. The molecular formula is C53H42N4O. The number of ether oxygens (including phenoxy) is 1. The lowest BCUT2D eigenvalue weighted by Gasteiger charge is -2.17. The van der Waals surface area contributed by atoms with Crippen LogP contribution >= 0.6 is 0 Å². The number of hydrogen-bond acceptors (Lipinski definition) is 2. The second-order valence-corrected chi connectivity index (χ2v) is 14.2. The van der Waals surface area contributed by atoms with Gasteiger partial charge in [0.1, 0.15) is 17.3 Å². The fourth-order valence-corrected chi connectivity index (χ4v) is 7.68. The van der Waals surface area contributed by atoms with Crippen LogP contribution in [0.15, 0.2) is 182 Å². The Morgan fingerprint density at radius 2 is 1.36 bits per heavy atom. The van der Waals surface area contributed by atoms with Crippen molar-refractivity contribution < 1.29 is 25.8 Å². The summed E-state index contributed by atoms with van der Waals surface area (Å²) in [7, 11) is 0. The number of fused-ring (bicyclic) bond motifs is 4. The molecule has 10 aromatic rings. The van der Waals surface area contributed by atoms with Crippen LogP contribution in [0.4, 0.5) is 0 Å². The van der Waals surface area contributed by atoms with E-state index in [1.165, 1.54) is 0 Å². The van der Waals surface area contributed by atoms with E-state index in [1.54, 1.807) is 45.7 Å². The molecule has 0 aliphatic rings. The third kappa shape index (κ3) is 6.31. The van der Waals surface area contributed by atoms with Gasteiger partial charge in [-0.25, -0.2) is 4.98 Å². The molecule has 3 aromatic heterocycles. The van der Waals surface area contributed by atoms with Crippen LogP contribution in [0.1, 0.15) is 41.4 Å². The molecule has 0 bridgehead atoms. The van der Waals surface area contributed by atoms with E-state index < -0.39 is 66.8 Å². The van der Waals surface area contributed by atoms with Crippen LogP contribution in [-0.4, -0.2) is 14.1 Å². The molecule has 0 atom stereocenters. The number of benzene rings is 7. The normalized spacial score (nSPS) is 14.8. The third-order valence-electron chi connectivity index (χ3n) is 10.1. The SMILES string of the molecule is [2H]c1c([2H])c([2H])c(-c2cccc(-c3c([2H])c([2H])c([2H])c([2H])c3[2H])c2-[n+]2[c-]n(-c3cccc(Oc4ccc5c6ccccc6n(-c6cc(C([2H])([2H])C(C)C)ccn6)c5c4)c3)c3cccc(C)c32)c([2H])c1[2H]. The molecule has 0 aliphatic carbocycles. The van der Waals surface area contributed by atoms with Gasteiger partial charge in [-0.2, -0.15) is 0 Å². The number of nitrogens with zero attached hydrogens (tertiary/aromatic N) is 4. The van der Waals surface area contributed by atoms with E-state index >= 15 is 0 Å². The monoisotopic (exact) mass is 762 g/mol. The number of aromatic nitrogens is 4. The highest BCUT2D eigenvalue weighted by atomic mass is 16.5. The summed E-state index contributed by atoms with van der Waals surface area (Å²) in [5, 5.41) is 1.95. The highest BCUT2D eigenvalue weighted by Crippen LogP contribution is 2.37. The Hall–Kier alpha value is -7.24. The Balaban J connectivity index is 1.15. The Labute approximate surface area is 355 Å². The minimum Gasteiger partial charge on any atom is -0.458 e. The van der Waals surface area contributed by atoms with Crippen LogP contribution in [0, 0.1) is 19.2 Å². The van der Waals surface area contributed by atoms with Gasteiger partial charge >= 0.3 is 0 Å². The summed E-state index contributed by atoms with van der Waals surface area (Å²) >= 11 is 0. The zero-order valence-corrected chi connectivity index (χ0v) is 31.8. The van der Waals surface area contributed by atoms with Crippen molar-refractivity contribution in [2.45, 2.75) is 27.1 Å². The van der Waals surface area contributed by atoms with Gasteiger partial charge < -0.3 is 4.74 Å². The lowest BCUT2D eigenvalue weighted by molar-refractivity contribution is -0.571. The van der Waals surface area contributed by atoms with E-state index in [9.17, 15) is 0 Å². The lowest BCUT2D eigenvalue weighted by atomic mass is 9.95. The molecule has 0 spiro atoms. The first-order chi connectivity index (χ1) is 33.4. The topological polar surface area (TPSA) is 35.9 Å². The van der Waals surface area contributed by atoms with Crippen molar-refractivity contribution in [3.63, 3.8) is 0 Å². The molecule has 0 radical (unpaired) electrons. The maximum Gasteiger partial charge on any atom is 0.269 e. The van der Waals surface area contributed by atoms with Crippen molar-refractivity contribution in [1.29, 1.82) is 0 Å². The molecular weight excluding hydrogens is 709 g/mol. The number of pyridine rings is 1. The fraction of sp³-hybridized carbons (Fsp3) is 0.0943. The molecule has 5 nitrogen and oxygen atoms in total. The van der Waals surface area contributed by atoms with Crippen LogP contribution in [0.5, 0.6) is 11.5 Å². The van der Waals surface area contributed by atoms with Gasteiger partial charge in [-0.3, -0.25) is 13.7 Å². The molecule has 10 rings (SSSR count). The van der Waals surface area contributed by atoms with Crippen molar-refractivity contribution in [2.75, 3.05) is 0 Å². The van der Waals surface area contributed by atoms with Crippen molar-refractivity contribution in [3.05, 3.63) is 199 Å². The molecule has 0 N–H and O–H groups in total. The summed E-state index contributed by atoms with van der Waals surface area (Å²) in [6.45, 7) is 5.59. The van der Waals surface area contributed by atoms with Crippen molar-refractivity contribution in [3.8, 4) is 50.9 Å². The van der Waals surface area contributed by atoms with E-state index in [1.807, 2.05) is 110 Å². The quantitative estimate of drug-likeness (QED) is 0.108. The molecule has 0 unspecified atom stereocenters. The molecule has 3 heterocycles. The second-order valence-electron chi connectivity index (χ2n) is 14.2. The molecule has 0 aliphatic heterocycles. The molecule has 280 valence electrons. The number of hydrogen-bond donors (Lipinski definition) is 0. The zero-order valence-electron chi connectivity index (χ0n) is 43.8. The van der Waals surface area contributed by atoms with Crippen LogP contribution < -0.4 is 9.30 Å². The van der Waals surface area contributed by atoms with E-state index in [4.69, 9.17) is 26.2 Å². The maximum absolute atomic E-state index is 9.03. The summed E-state index contributed by atoms with van der Waals surface area (Å²) in [6.07, 6.45) is 3.50. The van der Waals surface area contributed by atoms with Crippen LogP contribution in [0.3, 0.4) is 0 Å². The van der Waals surface area contributed by atoms with Gasteiger partial charge in [0.2, 0.25) is 0 Å². The van der Waals surface area contributed by atoms with Crippen molar-refractivity contribution >= 4 is 32.8 Å². The van der Waals surface area contributed by atoms with E-state index in [2.05, 4.69) is 6.33 Å². The predicted octanol–water partition coefficient (Wildman–Crippen LogP) is 12.8. The van der Waals surface area contributed by atoms with Gasteiger partial charge in [0.25, 0.3) is 6.33 Å². The van der Waals surface area contributed by atoms with E-state index in [0.29, 0.717) is 39.6 Å². The summed E-state index contributed by atoms with van der Waals surface area (Å²) in [4.78, 5) is 4.71. The summed E-state index contributed by atoms with van der Waals surface area (Å²) in [5.41, 5.74) is 5.00. The van der Waals surface area contributed by atoms with Gasteiger partial charge in [0.05, 0.1) is 47.1 Å². The lowest BCUT2D eigenvalue weighted by Crippen LogP contribution is -2.32. The minimum absolute atomic E-state index is 0.142. The standard InChI is InChI=1S/C53H42N4O/c1-36(2)31-38-29-30-54-51(32-38)57-48-25-11-10-22-46(48)47-28-27-43(34-50(47)57)58-42-21-13-20-41(33-42)55-35-56(52-37(3)15-12-26-49(52)55)53-44(39-16-6-4-7-17-39)23-14-24-45(53)40-18-8-5-9-19-40/h4-30,32-34,36H,31H2,1-3H3/i4D,5D,6D,7D,8D,9D,16D,17D,18D,19D,31D2. The Bertz CT molecular complexity index is 3660. The average molecular weight is 763 g/mol. The molecule has 0 saturated carbocycles. The first-order valence-corrected chi connectivity index (χ1v) is 18.9. The van der Waals surface area contributed by atoms with Crippen LogP contribution in [-0.2, 0) is 6.37 Å². The smallest absolute Gasteiger partial charge is 0.269 e. The van der Waals surface area contributed by atoms with Crippen LogP contribution in [0.25, 0.3) is 72.3 Å². The van der Waals surface area contributed by atoms with Gasteiger partial charge in [-0.05, 0) is 101 Å². The van der Waals surface area contributed by atoms with Crippen LogP contribution in [0.2, 0.25) is 0 Å². The average Bonchev–Trinajstić information content (AvgIpc) is 3.91. The van der Waals surface area contributed by atoms with Gasteiger partial charge in [-0.1, -0.05) is 135 Å². The third-order valence-corrected chi connectivity index (χ3v) is 10.1.